The Labute approximate surface area is 151 Å². The summed E-state index contributed by atoms with van der Waals surface area (Å²) in [5, 5.41) is 1.63. The lowest BCUT2D eigenvalue weighted by Crippen LogP contribution is -2.37. The molecule has 1 saturated heterocycles. The van der Waals surface area contributed by atoms with Crippen LogP contribution in [-0.4, -0.2) is 36.2 Å². The summed E-state index contributed by atoms with van der Waals surface area (Å²) < 4.78 is 5.42. The number of ether oxygens (including phenoxy) is 1. The first kappa shape index (κ1) is 16.3. The highest BCUT2D eigenvalue weighted by Crippen LogP contribution is 2.31. The van der Waals surface area contributed by atoms with Crippen molar-refractivity contribution in [2.45, 2.75) is 6.54 Å². The van der Waals surface area contributed by atoms with Gasteiger partial charge < -0.3 is 9.72 Å². The van der Waals surface area contributed by atoms with Crippen LogP contribution in [0.4, 0.5) is 0 Å². The maximum atomic E-state index is 12.9. The molecule has 0 bridgehead atoms. The molecule has 1 N–H and O–H groups in total. The van der Waals surface area contributed by atoms with Gasteiger partial charge in [-0.2, -0.15) is 0 Å². The number of hydrogen-bond acceptors (Lipinski definition) is 3. The molecule has 0 radical (unpaired) electrons. The van der Waals surface area contributed by atoms with Crippen LogP contribution in [0.5, 0.6) is 0 Å². The van der Waals surface area contributed by atoms with E-state index in [9.17, 15) is 4.79 Å². The molecular weight excluding hydrogens is 336 g/mol. The lowest BCUT2D eigenvalue weighted by Gasteiger charge is -2.27. The van der Waals surface area contributed by atoms with E-state index in [4.69, 9.17) is 16.3 Å². The molecule has 4 nitrogen and oxygen atoms in total. The van der Waals surface area contributed by atoms with Crippen LogP contribution in [0, 0.1) is 0 Å². The zero-order valence-corrected chi connectivity index (χ0v) is 14.6. The molecule has 0 spiro atoms. The van der Waals surface area contributed by atoms with Crippen molar-refractivity contribution in [2.75, 3.05) is 26.3 Å². The first-order valence-corrected chi connectivity index (χ1v) is 8.80. The number of benzene rings is 2. The van der Waals surface area contributed by atoms with Crippen molar-refractivity contribution < 1.29 is 4.74 Å². The van der Waals surface area contributed by atoms with Crippen LogP contribution in [0.15, 0.2) is 53.3 Å². The van der Waals surface area contributed by atoms with E-state index >= 15 is 0 Å². The summed E-state index contributed by atoms with van der Waals surface area (Å²) in [5.74, 6) is 0. The average molecular weight is 355 g/mol. The second kappa shape index (κ2) is 7.00. The Bertz CT molecular complexity index is 947. The fourth-order valence-electron chi connectivity index (χ4n) is 3.38. The molecule has 0 unspecified atom stereocenters. The van der Waals surface area contributed by atoms with Crippen molar-refractivity contribution in [3.8, 4) is 11.1 Å². The van der Waals surface area contributed by atoms with Crippen molar-refractivity contribution >= 4 is 22.5 Å². The Morgan fingerprint density at radius 2 is 1.84 bits per heavy atom. The average Bonchev–Trinajstić information content (AvgIpc) is 2.64. The van der Waals surface area contributed by atoms with Gasteiger partial charge in [-0.05, 0) is 17.7 Å². The molecule has 1 aromatic heterocycles. The number of H-pyrrole nitrogens is 1. The quantitative estimate of drug-likeness (QED) is 0.780. The number of aromatic amines is 1. The number of nitrogens with one attached hydrogen (secondary N) is 1. The molecule has 2 heterocycles. The van der Waals surface area contributed by atoms with Crippen molar-refractivity contribution in [3.63, 3.8) is 0 Å². The van der Waals surface area contributed by atoms with Gasteiger partial charge in [-0.1, -0.05) is 48.0 Å². The van der Waals surface area contributed by atoms with Crippen LogP contribution in [0.3, 0.4) is 0 Å². The monoisotopic (exact) mass is 354 g/mol. The Morgan fingerprint density at radius 1 is 1.08 bits per heavy atom. The van der Waals surface area contributed by atoms with E-state index in [2.05, 4.69) is 9.88 Å². The van der Waals surface area contributed by atoms with E-state index in [0.29, 0.717) is 24.8 Å². The molecule has 5 heteroatoms. The highest BCUT2D eigenvalue weighted by atomic mass is 35.5. The molecule has 1 aliphatic rings. The molecule has 1 aliphatic heterocycles. The third-order valence-corrected chi connectivity index (χ3v) is 4.86. The van der Waals surface area contributed by atoms with Gasteiger partial charge >= 0.3 is 0 Å². The zero-order valence-electron chi connectivity index (χ0n) is 13.8. The zero-order chi connectivity index (χ0) is 17.2. The number of rotatable bonds is 3. The summed E-state index contributed by atoms with van der Waals surface area (Å²) in [6.07, 6.45) is 0. The summed E-state index contributed by atoms with van der Waals surface area (Å²) >= 11 is 6.12. The number of morpholine rings is 1. The van der Waals surface area contributed by atoms with Gasteiger partial charge in [0, 0.05) is 41.2 Å². The smallest absolute Gasteiger partial charge is 0.253 e. The standard InChI is InChI=1S/C20H19ClN2O2/c21-15-6-7-16-18(12-15)22-20(24)17(13-23-8-10-25-11-9-23)19(16)14-4-2-1-3-5-14/h1-7,12H,8-11,13H2,(H,22,24). The Kier molecular flexibility index (Phi) is 4.57. The Morgan fingerprint density at radius 3 is 2.60 bits per heavy atom. The maximum absolute atomic E-state index is 12.9. The van der Waals surface area contributed by atoms with Crippen LogP contribution >= 0.6 is 11.6 Å². The first-order chi connectivity index (χ1) is 12.2. The summed E-state index contributed by atoms with van der Waals surface area (Å²) in [6, 6.07) is 15.7. The summed E-state index contributed by atoms with van der Waals surface area (Å²) in [7, 11) is 0. The van der Waals surface area contributed by atoms with Crippen LogP contribution in [0.25, 0.3) is 22.0 Å². The van der Waals surface area contributed by atoms with E-state index in [1.165, 1.54) is 0 Å². The molecule has 3 aromatic rings. The molecule has 0 amide bonds. The molecule has 128 valence electrons. The van der Waals surface area contributed by atoms with E-state index in [1.54, 1.807) is 0 Å². The maximum Gasteiger partial charge on any atom is 0.253 e. The summed E-state index contributed by atoms with van der Waals surface area (Å²) in [5.41, 5.74) is 3.54. The Hall–Kier alpha value is -2.14. The number of aromatic nitrogens is 1. The Balaban J connectivity index is 1.92. The predicted molar refractivity (Wildman–Crippen MR) is 101 cm³/mol. The molecule has 4 rings (SSSR count). The second-order valence-electron chi connectivity index (χ2n) is 6.25. The van der Waals surface area contributed by atoms with E-state index in [-0.39, 0.29) is 5.56 Å². The van der Waals surface area contributed by atoms with Gasteiger partial charge in [0.2, 0.25) is 0 Å². The van der Waals surface area contributed by atoms with E-state index < -0.39 is 0 Å². The van der Waals surface area contributed by atoms with Gasteiger partial charge in [-0.15, -0.1) is 0 Å². The predicted octanol–water partition coefficient (Wildman–Crippen LogP) is 3.68. The molecule has 0 saturated carbocycles. The van der Waals surface area contributed by atoms with E-state index in [1.807, 2.05) is 48.5 Å². The lowest BCUT2D eigenvalue weighted by molar-refractivity contribution is 0.0341. The highest BCUT2D eigenvalue weighted by Gasteiger charge is 2.19. The number of fused-ring (bicyclic) bond motifs is 1. The topological polar surface area (TPSA) is 45.3 Å². The third kappa shape index (κ3) is 3.33. The highest BCUT2D eigenvalue weighted by molar-refractivity contribution is 6.31. The molecule has 25 heavy (non-hydrogen) atoms. The molecule has 2 aromatic carbocycles. The van der Waals surface area contributed by atoms with Crippen molar-refractivity contribution in [3.05, 3.63) is 69.5 Å². The van der Waals surface area contributed by atoms with Gasteiger partial charge in [0.25, 0.3) is 5.56 Å². The molecule has 0 atom stereocenters. The number of nitrogens with zero attached hydrogens (tertiary/aromatic N) is 1. The van der Waals surface area contributed by atoms with Crippen LogP contribution < -0.4 is 5.56 Å². The fourth-order valence-corrected chi connectivity index (χ4v) is 3.55. The van der Waals surface area contributed by atoms with E-state index in [0.717, 1.165) is 40.7 Å². The molecule has 1 fully saturated rings. The number of pyridine rings is 1. The van der Waals surface area contributed by atoms with Crippen molar-refractivity contribution in [2.24, 2.45) is 0 Å². The van der Waals surface area contributed by atoms with Crippen LogP contribution in [0.1, 0.15) is 5.56 Å². The van der Waals surface area contributed by atoms with Gasteiger partial charge in [0.05, 0.1) is 18.7 Å². The van der Waals surface area contributed by atoms with Crippen LogP contribution in [-0.2, 0) is 11.3 Å². The minimum Gasteiger partial charge on any atom is -0.379 e. The minimum absolute atomic E-state index is 0.0555. The largest absolute Gasteiger partial charge is 0.379 e. The summed E-state index contributed by atoms with van der Waals surface area (Å²) in [4.78, 5) is 18.1. The lowest BCUT2D eigenvalue weighted by atomic mass is 9.96. The van der Waals surface area contributed by atoms with Crippen molar-refractivity contribution in [1.82, 2.24) is 9.88 Å². The van der Waals surface area contributed by atoms with Gasteiger partial charge in [0.1, 0.15) is 0 Å². The summed E-state index contributed by atoms with van der Waals surface area (Å²) in [6.45, 7) is 3.71. The number of hydrogen-bond donors (Lipinski definition) is 1. The minimum atomic E-state index is -0.0555. The van der Waals surface area contributed by atoms with Gasteiger partial charge in [-0.25, -0.2) is 0 Å². The normalized spacial score (nSPS) is 15.6. The third-order valence-electron chi connectivity index (χ3n) is 4.62. The van der Waals surface area contributed by atoms with Gasteiger partial charge in [-0.3, -0.25) is 9.69 Å². The first-order valence-electron chi connectivity index (χ1n) is 8.42. The molecule has 0 aliphatic carbocycles. The second-order valence-corrected chi connectivity index (χ2v) is 6.69. The molecular formula is C20H19ClN2O2. The van der Waals surface area contributed by atoms with Gasteiger partial charge in [0.15, 0.2) is 0 Å². The number of halogens is 1. The van der Waals surface area contributed by atoms with Crippen molar-refractivity contribution in [1.29, 1.82) is 0 Å². The fraction of sp³-hybridized carbons (Fsp3) is 0.250. The SMILES string of the molecule is O=c1[nH]c2cc(Cl)ccc2c(-c2ccccc2)c1CN1CCOCC1. The van der Waals surface area contributed by atoms with Crippen LogP contribution in [0.2, 0.25) is 5.02 Å².